The number of hydrogen-bond donors (Lipinski definition) is 1. The van der Waals surface area contributed by atoms with Crippen molar-refractivity contribution in [2.45, 2.75) is 38.1 Å². The zero-order valence-corrected chi connectivity index (χ0v) is 20.3. The van der Waals surface area contributed by atoms with Crippen molar-refractivity contribution < 1.29 is 27.2 Å². The van der Waals surface area contributed by atoms with E-state index in [4.69, 9.17) is 14.0 Å². The van der Waals surface area contributed by atoms with Crippen molar-refractivity contribution in [3.05, 3.63) is 53.4 Å². The largest absolute Gasteiger partial charge is 0.454 e. The summed E-state index contributed by atoms with van der Waals surface area (Å²) in [6, 6.07) is 10.6. The van der Waals surface area contributed by atoms with E-state index in [-0.39, 0.29) is 24.1 Å². The first kappa shape index (κ1) is 23.3. The van der Waals surface area contributed by atoms with Crippen LogP contribution < -0.4 is 14.8 Å². The molecule has 2 aliphatic rings. The maximum Gasteiger partial charge on any atom is 0.243 e. The number of aromatic nitrogens is 2. The van der Waals surface area contributed by atoms with E-state index in [1.54, 1.807) is 32.0 Å². The van der Waals surface area contributed by atoms with Gasteiger partial charge in [0.15, 0.2) is 11.5 Å². The molecule has 0 unspecified atom stereocenters. The highest BCUT2D eigenvalue weighted by molar-refractivity contribution is 7.89. The lowest BCUT2D eigenvalue weighted by molar-refractivity contribution is -0.126. The van der Waals surface area contributed by atoms with Crippen LogP contribution in [0.4, 0.5) is 0 Å². The first-order valence-electron chi connectivity index (χ1n) is 11.4. The minimum Gasteiger partial charge on any atom is -0.454 e. The van der Waals surface area contributed by atoms with Crippen LogP contribution in [0.5, 0.6) is 11.5 Å². The first-order valence-corrected chi connectivity index (χ1v) is 12.8. The third-order valence-corrected chi connectivity index (χ3v) is 8.26. The van der Waals surface area contributed by atoms with Crippen molar-refractivity contribution in [1.29, 1.82) is 0 Å². The highest BCUT2D eigenvalue weighted by Crippen LogP contribution is 2.33. The zero-order chi connectivity index (χ0) is 24.6. The second-order valence-corrected chi connectivity index (χ2v) is 10.6. The summed E-state index contributed by atoms with van der Waals surface area (Å²) in [6.45, 7) is 4.42. The molecule has 184 valence electrons. The minimum absolute atomic E-state index is 0.125. The number of hydrogen-bond acceptors (Lipinski definition) is 8. The predicted molar refractivity (Wildman–Crippen MR) is 125 cm³/mol. The SMILES string of the molecule is Cc1nc(-c2ccc(C)c(S(=O)(=O)N3CCC[C@H](C(=O)NCc4ccc5c(c4)OCO5)C3)c2)no1. The Balaban J connectivity index is 1.28. The van der Waals surface area contributed by atoms with E-state index < -0.39 is 15.9 Å². The predicted octanol–water partition coefficient (Wildman–Crippen LogP) is 2.80. The maximum atomic E-state index is 13.6. The molecule has 2 aliphatic heterocycles. The van der Waals surface area contributed by atoms with E-state index in [9.17, 15) is 13.2 Å². The van der Waals surface area contributed by atoms with Crippen LogP contribution in [-0.2, 0) is 21.4 Å². The van der Waals surface area contributed by atoms with Gasteiger partial charge in [0.25, 0.3) is 0 Å². The Morgan fingerprint density at radius 3 is 2.77 bits per heavy atom. The molecule has 1 saturated heterocycles. The molecule has 1 atom stereocenters. The molecule has 10 nitrogen and oxygen atoms in total. The summed E-state index contributed by atoms with van der Waals surface area (Å²) in [5, 5.41) is 6.82. The summed E-state index contributed by atoms with van der Waals surface area (Å²) in [5.74, 6) is 1.46. The number of amides is 1. The number of nitrogens with one attached hydrogen (secondary N) is 1. The zero-order valence-electron chi connectivity index (χ0n) is 19.5. The van der Waals surface area contributed by atoms with Gasteiger partial charge < -0.3 is 19.3 Å². The first-order chi connectivity index (χ1) is 16.8. The van der Waals surface area contributed by atoms with Gasteiger partial charge in [-0.15, -0.1) is 0 Å². The highest BCUT2D eigenvalue weighted by atomic mass is 32.2. The van der Waals surface area contributed by atoms with Crippen LogP contribution >= 0.6 is 0 Å². The Kier molecular flexibility index (Phi) is 6.20. The average Bonchev–Trinajstić information content (AvgIpc) is 3.51. The van der Waals surface area contributed by atoms with Gasteiger partial charge in [0.2, 0.25) is 34.4 Å². The Hall–Kier alpha value is -3.44. The number of ether oxygens (including phenoxy) is 2. The molecular formula is C24H26N4O6S. The topological polar surface area (TPSA) is 124 Å². The molecular weight excluding hydrogens is 472 g/mol. The van der Waals surface area contributed by atoms with E-state index in [1.165, 1.54) is 4.31 Å². The molecule has 3 aromatic rings. The van der Waals surface area contributed by atoms with Crippen molar-refractivity contribution in [3.63, 3.8) is 0 Å². The van der Waals surface area contributed by atoms with Crippen LogP contribution in [0.25, 0.3) is 11.4 Å². The number of carbonyl (C=O) groups is 1. The van der Waals surface area contributed by atoms with E-state index in [0.29, 0.717) is 60.3 Å². The summed E-state index contributed by atoms with van der Waals surface area (Å²) < 4.78 is 44.2. The van der Waals surface area contributed by atoms with E-state index in [2.05, 4.69) is 15.5 Å². The number of benzene rings is 2. The lowest BCUT2D eigenvalue weighted by atomic mass is 9.98. The molecule has 1 amide bonds. The number of piperidine rings is 1. The van der Waals surface area contributed by atoms with Gasteiger partial charge >= 0.3 is 0 Å². The van der Waals surface area contributed by atoms with E-state index in [0.717, 1.165) is 5.56 Å². The van der Waals surface area contributed by atoms with Crippen molar-refractivity contribution in [2.75, 3.05) is 19.9 Å². The van der Waals surface area contributed by atoms with Gasteiger partial charge in [0.1, 0.15) is 0 Å². The van der Waals surface area contributed by atoms with Gasteiger partial charge in [0, 0.05) is 32.1 Å². The summed E-state index contributed by atoms with van der Waals surface area (Å²) in [5.41, 5.74) is 2.05. The van der Waals surface area contributed by atoms with Crippen LogP contribution in [0.2, 0.25) is 0 Å². The Morgan fingerprint density at radius 1 is 1.14 bits per heavy atom. The molecule has 1 fully saturated rings. The lowest BCUT2D eigenvalue weighted by Crippen LogP contribution is -2.45. The molecule has 1 aromatic heterocycles. The summed E-state index contributed by atoms with van der Waals surface area (Å²) >= 11 is 0. The van der Waals surface area contributed by atoms with Crippen LogP contribution in [0.1, 0.15) is 29.9 Å². The van der Waals surface area contributed by atoms with Crippen LogP contribution in [0.3, 0.4) is 0 Å². The normalized spacial score (nSPS) is 17.9. The molecule has 35 heavy (non-hydrogen) atoms. The number of carbonyl (C=O) groups excluding carboxylic acids is 1. The standard InChI is InChI=1S/C24H26N4O6S/c1-15-5-7-18(23-26-16(2)34-27-23)11-22(15)35(30,31)28-9-3-4-19(13-28)24(29)25-12-17-6-8-20-21(10-17)33-14-32-20/h5-8,10-11,19H,3-4,9,12-14H2,1-2H3,(H,25,29)/t19-/m0/s1. The number of fused-ring (bicyclic) bond motifs is 1. The van der Waals surface area contributed by atoms with Crippen molar-refractivity contribution in [3.8, 4) is 22.9 Å². The van der Waals surface area contributed by atoms with Gasteiger partial charge in [-0.05, 0) is 49.1 Å². The summed E-state index contributed by atoms with van der Waals surface area (Å²) in [7, 11) is -3.82. The van der Waals surface area contributed by atoms with E-state index >= 15 is 0 Å². The van der Waals surface area contributed by atoms with Gasteiger partial charge in [-0.1, -0.05) is 23.4 Å². The Morgan fingerprint density at radius 2 is 1.97 bits per heavy atom. The van der Waals surface area contributed by atoms with Gasteiger partial charge in [-0.3, -0.25) is 4.79 Å². The molecule has 0 radical (unpaired) electrons. The smallest absolute Gasteiger partial charge is 0.243 e. The molecule has 3 heterocycles. The fourth-order valence-electron chi connectivity index (χ4n) is 4.33. The van der Waals surface area contributed by atoms with Crippen LogP contribution in [0, 0.1) is 19.8 Å². The molecule has 0 saturated carbocycles. The summed E-state index contributed by atoms with van der Waals surface area (Å²) in [6.07, 6.45) is 1.23. The fourth-order valence-corrected chi connectivity index (χ4v) is 6.11. The second-order valence-electron chi connectivity index (χ2n) is 8.72. The molecule has 11 heteroatoms. The summed E-state index contributed by atoms with van der Waals surface area (Å²) in [4.78, 5) is 17.3. The number of nitrogens with zero attached hydrogens (tertiary/aromatic N) is 3. The Labute approximate surface area is 203 Å². The maximum absolute atomic E-state index is 13.6. The van der Waals surface area contributed by atoms with Crippen molar-refractivity contribution in [1.82, 2.24) is 19.8 Å². The van der Waals surface area contributed by atoms with Gasteiger partial charge in [-0.2, -0.15) is 9.29 Å². The molecule has 0 bridgehead atoms. The fraction of sp³-hybridized carbons (Fsp3) is 0.375. The molecule has 1 N–H and O–H groups in total. The average molecular weight is 499 g/mol. The lowest BCUT2D eigenvalue weighted by Gasteiger charge is -2.31. The minimum atomic E-state index is -3.82. The van der Waals surface area contributed by atoms with Crippen LogP contribution in [-0.4, -0.2) is 48.7 Å². The highest BCUT2D eigenvalue weighted by Gasteiger charge is 2.34. The number of rotatable bonds is 6. The quantitative estimate of drug-likeness (QED) is 0.550. The van der Waals surface area contributed by atoms with Gasteiger partial charge in [0.05, 0.1) is 10.8 Å². The third-order valence-electron chi connectivity index (χ3n) is 6.25. The monoisotopic (exact) mass is 498 g/mol. The number of sulfonamides is 1. The number of aryl methyl sites for hydroxylation is 2. The third kappa shape index (κ3) is 4.73. The van der Waals surface area contributed by atoms with Crippen molar-refractivity contribution in [2.24, 2.45) is 5.92 Å². The molecule has 0 aliphatic carbocycles. The second kappa shape index (κ2) is 9.31. The molecule has 0 spiro atoms. The van der Waals surface area contributed by atoms with E-state index in [1.807, 2.05) is 18.2 Å². The van der Waals surface area contributed by atoms with Crippen LogP contribution in [0.15, 0.2) is 45.8 Å². The Bertz CT molecular complexity index is 1370. The van der Waals surface area contributed by atoms with Gasteiger partial charge in [-0.25, -0.2) is 8.42 Å². The molecule has 2 aromatic carbocycles. The molecule has 5 rings (SSSR count). The van der Waals surface area contributed by atoms with Crippen molar-refractivity contribution >= 4 is 15.9 Å².